The predicted molar refractivity (Wildman–Crippen MR) is 83.8 cm³/mol. The highest BCUT2D eigenvalue weighted by Gasteiger charge is 2.55. The van der Waals surface area contributed by atoms with Crippen LogP contribution in [0.15, 0.2) is 12.5 Å². The lowest BCUT2D eigenvalue weighted by molar-refractivity contribution is -0.136. The van der Waals surface area contributed by atoms with Crippen LogP contribution in [-0.2, 0) is 0 Å². The van der Waals surface area contributed by atoms with Crippen molar-refractivity contribution < 1.29 is 9.90 Å². The van der Waals surface area contributed by atoms with E-state index in [2.05, 4.69) is 15.3 Å². The van der Waals surface area contributed by atoms with Crippen LogP contribution in [0.1, 0.15) is 66.9 Å². The molecule has 1 aromatic rings. The number of carbonyl (C=O) groups is 1. The van der Waals surface area contributed by atoms with Gasteiger partial charge in [-0.05, 0) is 62.7 Å². The minimum atomic E-state index is -0.452. The third kappa shape index (κ3) is 2.28. The summed E-state index contributed by atoms with van der Waals surface area (Å²) in [5.74, 6) is 1.95. The lowest BCUT2D eigenvalue weighted by atomic mass is 9.52. The van der Waals surface area contributed by atoms with Gasteiger partial charge in [0.15, 0.2) is 0 Å². The van der Waals surface area contributed by atoms with Crippen molar-refractivity contribution in [2.75, 3.05) is 0 Å². The molecule has 0 radical (unpaired) electrons. The first kappa shape index (κ1) is 13.9. The molecule has 0 aliphatic heterocycles. The van der Waals surface area contributed by atoms with E-state index in [4.69, 9.17) is 0 Å². The van der Waals surface area contributed by atoms with Gasteiger partial charge < -0.3 is 10.4 Å². The highest BCUT2D eigenvalue weighted by molar-refractivity contribution is 5.95. The van der Waals surface area contributed by atoms with E-state index in [0.29, 0.717) is 29.2 Å². The fourth-order valence-electron chi connectivity index (χ4n) is 5.64. The summed E-state index contributed by atoms with van der Waals surface area (Å²) in [5.41, 5.74) is 1.12. The van der Waals surface area contributed by atoms with Gasteiger partial charge in [-0.25, -0.2) is 9.97 Å². The van der Waals surface area contributed by atoms with Crippen LogP contribution in [0.4, 0.5) is 0 Å². The zero-order chi connectivity index (χ0) is 15.6. The topological polar surface area (TPSA) is 75.1 Å². The normalized spacial score (nSPS) is 41.1. The summed E-state index contributed by atoms with van der Waals surface area (Å²) in [7, 11) is 0. The van der Waals surface area contributed by atoms with Gasteiger partial charge in [0, 0.05) is 18.2 Å². The molecule has 0 aromatic carbocycles. The van der Waals surface area contributed by atoms with Crippen LogP contribution in [0.25, 0.3) is 0 Å². The molecule has 5 saturated carbocycles. The van der Waals surface area contributed by atoms with Gasteiger partial charge in [-0.15, -0.1) is 0 Å². The Labute approximate surface area is 135 Å². The van der Waals surface area contributed by atoms with Crippen LogP contribution < -0.4 is 5.32 Å². The van der Waals surface area contributed by atoms with Gasteiger partial charge >= 0.3 is 0 Å². The van der Waals surface area contributed by atoms with Crippen molar-refractivity contribution in [3.63, 3.8) is 0 Å². The molecule has 6 rings (SSSR count). The van der Waals surface area contributed by atoms with E-state index >= 15 is 0 Å². The van der Waals surface area contributed by atoms with E-state index in [1.54, 1.807) is 12.5 Å². The van der Waals surface area contributed by atoms with Crippen molar-refractivity contribution in [2.45, 2.75) is 62.5 Å². The first-order valence-electron chi connectivity index (χ1n) is 8.94. The Morgan fingerprint density at radius 2 is 1.96 bits per heavy atom. The Bertz CT molecular complexity index is 641. The minimum Gasteiger partial charge on any atom is -0.390 e. The summed E-state index contributed by atoms with van der Waals surface area (Å²) in [6.07, 6.45) is 10.5. The third-order valence-electron chi connectivity index (χ3n) is 6.49. The molecule has 1 amide bonds. The molecular formula is C18H23N3O2. The quantitative estimate of drug-likeness (QED) is 0.895. The van der Waals surface area contributed by atoms with Crippen LogP contribution in [0.5, 0.6) is 0 Å². The van der Waals surface area contributed by atoms with E-state index in [1.807, 2.05) is 0 Å². The Balaban J connectivity index is 1.37. The number of hydrogen-bond donors (Lipinski definition) is 2. The van der Waals surface area contributed by atoms with Gasteiger partial charge in [0.05, 0.1) is 16.9 Å². The Hall–Kier alpha value is -1.49. The highest BCUT2D eigenvalue weighted by Crippen LogP contribution is 2.55. The second kappa shape index (κ2) is 4.76. The summed E-state index contributed by atoms with van der Waals surface area (Å²) in [4.78, 5) is 21.2. The highest BCUT2D eigenvalue weighted by atomic mass is 16.3. The summed E-state index contributed by atoms with van der Waals surface area (Å²) in [6.45, 7) is 0. The number of aromatic nitrogens is 2. The standard InChI is InChI=1S/C18H23N3O2/c22-17(14-8-19-9-20-16(14)11-1-2-11)21-15-12-3-10-4-13(15)7-18(23,5-10)6-12/h8-13,15,23H,1-7H2,(H,21,22). The zero-order valence-corrected chi connectivity index (χ0v) is 13.2. The molecular weight excluding hydrogens is 290 g/mol. The Morgan fingerprint density at radius 3 is 2.61 bits per heavy atom. The molecule has 2 N–H and O–H groups in total. The van der Waals surface area contributed by atoms with Crippen LogP contribution in [-0.4, -0.2) is 32.6 Å². The molecule has 5 heteroatoms. The van der Waals surface area contributed by atoms with Gasteiger partial charge in [-0.1, -0.05) is 0 Å². The number of nitrogens with zero attached hydrogens (tertiary/aromatic N) is 2. The molecule has 2 unspecified atom stereocenters. The zero-order valence-electron chi connectivity index (χ0n) is 13.2. The Kier molecular flexibility index (Phi) is 2.88. The molecule has 1 heterocycles. The third-order valence-corrected chi connectivity index (χ3v) is 6.49. The maximum atomic E-state index is 12.8. The molecule has 5 nitrogen and oxygen atoms in total. The van der Waals surface area contributed by atoms with E-state index < -0.39 is 5.60 Å². The number of carbonyl (C=O) groups excluding carboxylic acids is 1. The first-order chi connectivity index (χ1) is 11.1. The fourth-order valence-corrected chi connectivity index (χ4v) is 5.64. The molecule has 0 saturated heterocycles. The molecule has 2 atom stereocenters. The van der Waals surface area contributed by atoms with Crippen LogP contribution in [0.2, 0.25) is 0 Å². The summed E-state index contributed by atoms with van der Waals surface area (Å²) >= 11 is 0. The largest absolute Gasteiger partial charge is 0.390 e. The average molecular weight is 313 g/mol. The molecule has 5 aliphatic rings. The van der Waals surface area contributed by atoms with Crippen molar-refractivity contribution in [3.8, 4) is 0 Å². The monoisotopic (exact) mass is 313 g/mol. The smallest absolute Gasteiger partial charge is 0.254 e. The van der Waals surface area contributed by atoms with Crippen molar-refractivity contribution in [1.29, 1.82) is 0 Å². The molecule has 5 fully saturated rings. The van der Waals surface area contributed by atoms with Crippen molar-refractivity contribution in [1.82, 2.24) is 15.3 Å². The number of amides is 1. The van der Waals surface area contributed by atoms with Gasteiger partial charge in [-0.3, -0.25) is 4.79 Å². The number of nitrogens with one attached hydrogen (secondary N) is 1. The lowest BCUT2D eigenvalue weighted by Crippen LogP contribution is -2.61. The van der Waals surface area contributed by atoms with E-state index in [-0.39, 0.29) is 11.9 Å². The van der Waals surface area contributed by atoms with Crippen molar-refractivity contribution >= 4 is 5.91 Å². The Morgan fingerprint density at radius 1 is 1.22 bits per heavy atom. The molecule has 4 bridgehead atoms. The molecule has 0 spiro atoms. The molecule has 5 aliphatic carbocycles. The number of aliphatic hydroxyl groups is 1. The number of rotatable bonds is 3. The van der Waals surface area contributed by atoms with E-state index in [1.165, 1.54) is 0 Å². The lowest BCUT2D eigenvalue weighted by Gasteiger charge is -2.58. The van der Waals surface area contributed by atoms with E-state index in [9.17, 15) is 9.90 Å². The van der Waals surface area contributed by atoms with Crippen LogP contribution in [0.3, 0.4) is 0 Å². The van der Waals surface area contributed by atoms with Crippen LogP contribution >= 0.6 is 0 Å². The van der Waals surface area contributed by atoms with Gasteiger partial charge in [0.25, 0.3) is 5.91 Å². The second-order valence-electron chi connectivity index (χ2n) is 8.29. The predicted octanol–water partition coefficient (Wildman–Crippen LogP) is 2.02. The van der Waals surface area contributed by atoms with Crippen molar-refractivity contribution in [2.24, 2.45) is 17.8 Å². The van der Waals surface area contributed by atoms with Gasteiger partial charge in [-0.2, -0.15) is 0 Å². The fraction of sp³-hybridized carbons (Fsp3) is 0.722. The summed E-state index contributed by atoms with van der Waals surface area (Å²) < 4.78 is 0. The van der Waals surface area contributed by atoms with Gasteiger partial charge in [0.2, 0.25) is 0 Å². The minimum absolute atomic E-state index is 0.0167. The maximum Gasteiger partial charge on any atom is 0.254 e. The van der Waals surface area contributed by atoms with E-state index in [0.717, 1.165) is 50.6 Å². The summed E-state index contributed by atoms with van der Waals surface area (Å²) in [5, 5.41) is 14.0. The second-order valence-corrected chi connectivity index (χ2v) is 8.29. The van der Waals surface area contributed by atoms with Crippen LogP contribution in [0, 0.1) is 17.8 Å². The van der Waals surface area contributed by atoms with Gasteiger partial charge in [0.1, 0.15) is 6.33 Å². The number of hydrogen-bond acceptors (Lipinski definition) is 4. The van der Waals surface area contributed by atoms with Crippen molar-refractivity contribution in [3.05, 3.63) is 23.8 Å². The maximum absolute atomic E-state index is 12.8. The SMILES string of the molecule is O=C(NC1C2CC3CC1CC(O)(C3)C2)c1cncnc1C1CC1. The average Bonchev–Trinajstić information content (AvgIpc) is 3.34. The molecule has 23 heavy (non-hydrogen) atoms. The summed E-state index contributed by atoms with van der Waals surface area (Å²) in [6, 6.07) is 0.214. The molecule has 122 valence electrons. The molecule has 1 aromatic heterocycles. The first-order valence-corrected chi connectivity index (χ1v) is 8.94.